The Hall–Kier alpha value is -0.770. The Kier molecular flexibility index (Phi) is 6.98. The van der Waals surface area contributed by atoms with Crippen LogP contribution in [0.3, 0.4) is 0 Å². The van der Waals surface area contributed by atoms with Gasteiger partial charge < -0.3 is 10.4 Å². The summed E-state index contributed by atoms with van der Waals surface area (Å²) in [4.78, 5) is 1.44. The van der Waals surface area contributed by atoms with Crippen molar-refractivity contribution in [3.8, 4) is 0 Å². The van der Waals surface area contributed by atoms with Crippen LogP contribution < -0.4 is 5.32 Å². The van der Waals surface area contributed by atoms with Crippen molar-refractivity contribution in [2.24, 2.45) is 0 Å². The summed E-state index contributed by atoms with van der Waals surface area (Å²) < 4.78 is 0. The van der Waals surface area contributed by atoms with E-state index in [9.17, 15) is 5.11 Å². The molecule has 0 aliphatic carbocycles. The van der Waals surface area contributed by atoms with Gasteiger partial charge in [0.15, 0.2) is 0 Å². The van der Waals surface area contributed by atoms with Gasteiger partial charge in [0.05, 0.1) is 5.60 Å². The quantitative estimate of drug-likeness (QED) is 0.535. The highest BCUT2D eigenvalue weighted by Crippen LogP contribution is 2.44. The van der Waals surface area contributed by atoms with Crippen molar-refractivity contribution < 1.29 is 5.11 Å². The van der Waals surface area contributed by atoms with Crippen molar-refractivity contribution in [1.29, 1.82) is 0 Å². The largest absolute Gasteiger partial charge is 0.390 e. The third-order valence-corrected chi connectivity index (χ3v) is 5.60. The first-order valence-electron chi connectivity index (χ1n) is 7.62. The van der Waals surface area contributed by atoms with E-state index in [1.807, 2.05) is 6.92 Å². The molecule has 0 amide bonds. The van der Waals surface area contributed by atoms with Crippen molar-refractivity contribution in [3.63, 3.8) is 0 Å². The number of benzene rings is 1. The summed E-state index contributed by atoms with van der Waals surface area (Å²) in [5.41, 5.74) is 0.694. The standard InChI is InChI=1S/C18H31NOS/c1-6-12-18(20,7-2)13-14-19-15-16-8-10-17(11-9-16)21(3,4)5/h6,8-11,19-20H,1,7,12-15H2,2-5H3. The molecule has 1 aromatic rings. The minimum Gasteiger partial charge on any atom is -0.390 e. The lowest BCUT2D eigenvalue weighted by Gasteiger charge is -2.26. The number of hydrogen-bond acceptors (Lipinski definition) is 2. The molecule has 1 rings (SSSR count). The average Bonchev–Trinajstić information content (AvgIpc) is 2.43. The Labute approximate surface area is 132 Å². The lowest BCUT2D eigenvalue weighted by Crippen LogP contribution is -2.31. The van der Waals surface area contributed by atoms with Crippen LogP contribution in [0, 0.1) is 0 Å². The maximum atomic E-state index is 10.3. The highest BCUT2D eigenvalue weighted by Gasteiger charge is 2.21. The normalized spacial score (nSPS) is 15.5. The molecule has 1 atom stereocenters. The molecule has 3 heteroatoms. The maximum absolute atomic E-state index is 10.3. The van der Waals surface area contributed by atoms with Crippen LogP contribution in [0.25, 0.3) is 0 Å². The molecule has 0 saturated heterocycles. The smallest absolute Gasteiger partial charge is 0.0691 e. The van der Waals surface area contributed by atoms with E-state index >= 15 is 0 Å². The molecule has 0 aromatic heterocycles. The molecule has 0 saturated carbocycles. The van der Waals surface area contributed by atoms with Crippen LogP contribution in [0.1, 0.15) is 31.7 Å². The molecule has 2 nitrogen and oxygen atoms in total. The molecule has 0 spiro atoms. The molecule has 0 aliphatic heterocycles. The molecule has 120 valence electrons. The fraction of sp³-hybridized carbons (Fsp3) is 0.556. The number of hydrogen-bond donors (Lipinski definition) is 2. The van der Waals surface area contributed by atoms with Gasteiger partial charge in [0.2, 0.25) is 0 Å². The zero-order chi connectivity index (χ0) is 15.9. The van der Waals surface area contributed by atoms with E-state index in [1.54, 1.807) is 6.08 Å². The molecule has 0 aliphatic rings. The van der Waals surface area contributed by atoms with Gasteiger partial charge in [0.1, 0.15) is 0 Å². The van der Waals surface area contributed by atoms with Gasteiger partial charge in [-0.15, -0.1) is 6.58 Å². The van der Waals surface area contributed by atoms with Crippen LogP contribution in [-0.4, -0.2) is 36.0 Å². The first kappa shape index (κ1) is 18.3. The molecular weight excluding hydrogens is 278 g/mol. The van der Waals surface area contributed by atoms with Crippen molar-refractivity contribution in [2.45, 2.75) is 43.2 Å². The number of nitrogens with one attached hydrogen (secondary N) is 1. The van der Waals surface area contributed by atoms with E-state index in [0.717, 1.165) is 25.9 Å². The Morgan fingerprint density at radius 1 is 1.24 bits per heavy atom. The van der Waals surface area contributed by atoms with Gasteiger partial charge in [-0.05, 0) is 67.2 Å². The fourth-order valence-corrected chi connectivity index (χ4v) is 3.21. The average molecular weight is 310 g/mol. The maximum Gasteiger partial charge on any atom is 0.0691 e. The number of aliphatic hydroxyl groups is 1. The summed E-state index contributed by atoms with van der Waals surface area (Å²) in [6.45, 7) is 7.42. The van der Waals surface area contributed by atoms with E-state index in [2.05, 4.69) is 54.9 Å². The van der Waals surface area contributed by atoms with Gasteiger partial charge in [-0.2, -0.15) is 0 Å². The SMILES string of the molecule is C=CCC(O)(CC)CCNCc1ccc(S(C)(C)C)cc1. The summed E-state index contributed by atoms with van der Waals surface area (Å²) in [6.07, 6.45) is 10.9. The summed E-state index contributed by atoms with van der Waals surface area (Å²) >= 11 is 0. The van der Waals surface area contributed by atoms with E-state index < -0.39 is 15.6 Å². The molecule has 1 aromatic carbocycles. The number of rotatable bonds is 9. The summed E-state index contributed by atoms with van der Waals surface area (Å²) in [5.74, 6) is 0. The predicted molar refractivity (Wildman–Crippen MR) is 96.4 cm³/mol. The molecule has 21 heavy (non-hydrogen) atoms. The van der Waals surface area contributed by atoms with Crippen LogP contribution in [0.4, 0.5) is 0 Å². The van der Waals surface area contributed by atoms with E-state index in [4.69, 9.17) is 0 Å². The molecule has 0 fully saturated rings. The van der Waals surface area contributed by atoms with Crippen LogP contribution in [0.2, 0.25) is 0 Å². The lowest BCUT2D eigenvalue weighted by atomic mass is 9.92. The summed E-state index contributed by atoms with van der Waals surface area (Å²) in [7, 11) is -0.637. The Morgan fingerprint density at radius 2 is 1.86 bits per heavy atom. The molecule has 0 heterocycles. The van der Waals surface area contributed by atoms with Gasteiger partial charge in [-0.3, -0.25) is 0 Å². The highest BCUT2D eigenvalue weighted by molar-refractivity contribution is 8.32. The van der Waals surface area contributed by atoms with Gasteiger partial charge >= 0.3 is 0 Å². The van der Waals surface area contributed by atoms with Gasteiger partial charge in [-0.1, -0.05) is 25.1 Å². The molecule has 0 radical (unpaired) electrons. The van der Waals surface area contributed by atoms with Crippen LogP contribution >= 0.6 is 10.0 Å². The van der Waals surface area contributed by atoms with E-state index in [1.165, 1.54) is 10.5 Å². The highest BCUT2D eigenvalue weighted by atomic mass is 32.3. The monoisotopic (exact) mass is 309 g/mol. The Balaban J connectivity index is 2.41. The zero-order valence-corrected chi connectivity index (χ0v) is 14.8. The van der Waals surface area contributed by atoms with Crippen LogP contribution in [0.15, 0.2) is 41.8 Å². The second-order valence-corrected chi connectivity index (χ2v) is 10.6. The van der Waals surface area contributed by atoms with Crippen molar-refractivity contribution in [1.82, 2.24) is 5.32 Å². The lowest BCUT2D eigenvalue weighted by molar-refractivity contribution is 0.0307. The predicted octanol–water partition coefficient (Wildman–Crippen LogP) is 3.94. The third kappa shape index (κ3) is 6.25. The molecule has 0 bridgehead atoms. The van der Waals surface area contributed by atoms with Crippen molar-refractivity contribution >= 4 is 10.0 Å². The minimum absolute atomic E-state index is 0.603. The second-order valence-electron chi connectivity index (χ2n) is 6.48. The fourth-order valence-electron chi connectivity index (χ4n) is 2.26. The topological polar surface area (TPSA) is 32.3 Å². The first-order chi connectivity index (χ1) is 9.80. The Morgan fingerprint density at radius 3 is 2.33 bits per heavy atom. The van der Waals surface area contributed by atoms with Crippen LogP contribution in [0.5, 0.6) is 0 Å². The summed E-state index contributed by atoms with van der Waals surface area (Å²) in [6, 6.07) is 8.89. The molecule has 1 unspecified atom stereocenters. The minimum atomic E-state index is -0.637. The van der Waals surface area contributed by atoms with Crippen molar-refractivity contribution in [3.05, 3.63) is 42.5 Å². The van der Waals surface area contributed by atoms with Crippen molar-refractivity contribution in [2.75, 3.05) is 25.3 Å². The van der Waals surface area contributed by atoms with Gasteiger partial charge in [0, 0.05) is 6.54 Å². The molecular formula is C18H31NOS. The zero-order valence-electron chi connectivity index (χ0n) is 14.0. The summed E-state index contributed by atoms with van der Waals surface area (Å²) in [5, 5.41) is 13.8. The van der Waals surface area contributed by atoms with Gasteiger partial charge in [-0.25, -0.2) is 10.0 Å². The van der Waals surface area contributed by atoms with E-state index in [0.29, 0.717) is 6.42 Å². The first-order valence-corrected chi connectivity index (χ1v) is 10.5. The second kappa shape index (κ2) is 8.02. The molecule has 2 N–H and O–H groups in total. The third-order valence-electron chi connectivity index (χ3n) is 3.91. The van der Waals surface area contributed by atoms with Crippen LogP contribution in [-0.2, 0) is 6.54 Å². The van der Waals surface area contributed by atoms with E-state index in [-0.39, 0.29) is 0 Å². The Bertz CT molecular complexity index is 436. The van der Waals surface area contributed by atoms with Gasteiger partial charge in [0.25, 0.3) is 0 Å².